The molecule has 1 heterocycles. The molecule has 2 rings (SSSR count). The highest BCUT2D eigenvalue weighted by molar-refractivity contribution is 6.09. The Morgan fingerprint density at radius 3 is 2.54 bits per heavy atom. The number of esters is 2. The van der Waals surface area contributed by atoms with Gasteiger partial charge in [-0.05, 0) is 12.8 Å². The maximum absolute atomic E-state index is 12.6. The van der Waals surface area contributed by atoms with Crippen molar-refractivity contribution in [1.82, 2.24) is 4.57 Å². The highest BCUT2D eigenvalue weighted by Gasteiger charge is 2.32. The second-order valence-corrected chi connectivity index (χ2v) is 6.53. The van der Waals surface area contributed by atoms with Crippen molar-refractivity contribution in [2.75, 3.05) is 19.7 Å². The van der Waals surface area contributed by atoms with Crippen molar-refractivity contribution in [3.63, 3.8) is 0 Å². The van der Waals surface area contributed by atoms with Gasteiger partial charge in [-0.2, -0.15) is 0 Å². The smallest absolute Gasteiger partial charge is 0.358 e. The Balaban J connectivity index is 2.75. The number of rotatable bonds is 5. The number of nitrogens with zero attached hydrogens (tertiary/aromatic N) is 1. The summed E-state index contributed by atoms with van der Waals surface area (Å²) in [6, 6.07) is -0.663. The van der Waals surface area contributed by atoms with E-state index in [-0.39, 0.29) is 28.3 Å². The predicted molar refractivity (Wildman–Crippen MR) is 94.5 cm³/mol. The molecular weight excluding hydrogens is 357 g/mol. The summed E-state index contributed by atoms with van der Waals surface area (Å²) in [5.41, 5.74) is -0.961. The van der Waals surface area contributed by atoms with Gasteiger partial charge in [0.15, 0.2) is 17.2 Å². The average Bonchev–Trinajstić information content (AvgIpc) is 2.85. The summed E-state index contributed by atoms with van der Waals surface area (Å²) < 4.78 is 16.2. The van der Waals surface area contributed by atoms with Crippen LogP contribution in [0.25, 0.3) is 0 Å². The molecule has 0 unspecified atom stereocenters. The zero-order chi connectivity index (χ0) is 19.3. The van der Waals surface area contributed by atoms with Gasteiger partial charge in [0, 0.05) is 18.1 Å². The molecule has 0 aliphatic heterocycles. The standard InChI is InChI=1S/C17H20NO7.Al.2H/c1-23-15-13(17(22)25-3)18(9-10(14(15)20)16(21)24-2)11-7-5-4-6-8-12(11)19;;;/h9,11H,2,4-8H2,1,3H3;;;/t11-;;;/m0.../s1. The van der Waals surface area contributed by atoms with Crippen molar-refractivity contribution in [3.05, 3.63) is 27.7 Å². The van der Waals surface area contributed by atoms with E-state index in [4.69, 9.17) is 14.2 Å². The third kappa shape index (κ3) is 4.00. The molecule has 0 bridgehead atoms. The van der Waals surface area contributed by atoms with Gasteiger partial charge in [0.2, 0.25) is 5.43 Å². The number of carbonyl (C=O) groups is 3. The van der Waals surface area contributed by atoms with Crippen molar-refractivity contribution in [1.29, 1.82) is 0 Å². The Morgan fingerprint density at radius 2 is 1.92 bits per heavy atom. The summed E-state index contributed by atoms with van der Waals surface area (Å²) in [6.45, 7) is 0. The van der Waals surface area contributed by atoms with Crippen LogP contribution in [0.3, 0.4) is 0 Å². The fourth-order valence-corrected chi connectivity index (χ4v) is 3.39. The number of ether oxygens (including phenoxy) is 3. The third-order valence-corrected chi connectivity index (χ3v) is 4.67. The minimum atomic E-state index is -0.807. The lowest BCUT2D eigenvalue weighted by Crippen LogP contribution is -2.31. The Hall–Kier alpha value is -2.11. The van der Waals surface area contributed by atoms with E-state index in [0.717, 1.165) is 19.3 Å². The number of pyridine rings is 1. The van der Waals surface area contributed by atoms with E-state index in [2.05, 4.69) is 0 Å². The fraction of sp³-hybridized carbons (Fsp3) is 0.529. The van der Waals surface area contributed by atoms with Crippen LogP contribution in [0.1, 0.15) is 59.0 Å². The molecule has 1 fully saturated rings. The van der Waals surface area contributed by atoms with Gasteiger partial charge >= 0.3 is 11.9 Å². The second-order valence-electron chi connectivity index (χ2n) is 5.95. The van der Waals surface area contributed by atoms with Crippen LogP contribution in [0.4, 0.5) is 0 Å². The molecule has 0 amide bonds. The summed E-state index contributed by atoms with van der Waals surface area (Å²) in [5, 5.41) is 0. The van der Waals surface area contributed by atoms with Crippen molar-refractivity contribution in [2.45, 2.75) is 38.1 Å². The molecule has 140 valence electrons. The summed E-state index contributed by atoms with van der Waals surface area (Å²) >= 11 is 0.621. The van der Waals surface area contributed by atoms with E-state index in [9.17, 15) is 19.2 Å². The lowest BCUT2D eigenvalue weighted by Gasteiger charge is -2.23. The van der Waals surface area contributed by atoms with Crippen LogP contribution in [0.15, 0.2) is 11.0 Å². The van der Waals surface area contributed by atoms with Gasteiger partial charge in [-0.3, -0.25) is 9.59 Å². The van der Waals surface area contributed by atoms with Gasteiger partial charge in [-0.1, -0.05) is 12.8 Å². The zero-order valence-electron chi connectivity index (χ0n) is 15.2. The highest BCUT2D eigenvalue weighted by atomic mass is 27.0. The van der Waals surface area contributed by atoms with Crippen LogP contribution in [-0.4, -0.2) is 58.3 Å². The van der Waals surface area contributed by atoms with Crippen molar-refractivity contribution < 1.29 is 28.6 Å². The predicted octanol–water partition coefficient (Wildman–Crippen LogP) is 0.465. The Labute approximate surface area is 158 Å². The first kappa shape index (κ1) is 20.2. The van der Waals surface area contributed by atoms with E-state index < -0.39 is 23.4 Å². The Kier molecular flexibility index (Phi) is 7.00. The molecule has 0 radical (unpaired) electrons. The number of Topliss-reactive ketones (excluding diaryl/α,β-unsaturated/α-hetero) is 1. The number of methoxy groups -OCH3 is 2. The number of carbonyl (C=O) groups excluding carboxylic acids is 3. The first-order chi connectivity index (χ1) is 12.5. The first-order valence-electron chi connectivity index (χ1n) is 8.57. The van der Waals surface area contributed by atoms with Crippen LogP contribution < -0.4 is 10.2 Å². The molecule has 1 aromatic rings. The molecule has 1 atom stereocenters. The lowest BCUT2D eigenvalue weighted by atomic mass is 10.1. The van der Waals surface area contributed by atoms with Gasteiger partial charge in [0.05, 0.1) is 20.3 Å². The minimum Gasteiger partial charge on any atom is -0.491 e. The van der Waals surface area contributed by atoms with E-state index in [0.29, 0.717) is 29.1 Å². The van der Waals surface area contributed by atoms with Gasteiger partial charge < -0.3 is 18.8 Å². The van der Waals surface area contributed by atoms with Crippen molar-refractivity contribution in [3.8, 4) is 5.75 Å². The first-order valence-corrected chi connectivity index (χ1v) is 9.98. The molecule has 1 aromatic heterocycles. The molecule has 0 saturated heterocycles. The van der Waals surface area contributed by atoms with E-state index in [1.807, 2.05) is 0 Å². The SMILES string of the molecule is COC(=O)c1c(OC)c(=O)c(C(=O)O[CH2][AlH2])cn1[C@H]1CCCCCC1=O. The second kappa shape index (κ2) is 9.01. The van der Waals surface area contributed by atoms with Crippen LogP contribution in [-0.2, 0) is 14.3 Å². The monoisotopic (exact) mass is 379 g/mol. The Morgan fingerprint density at radius 1 is 1.19 bits per heavy atom. The molecule has 9 heteroatoms. The summed E-state index contributed by atoms with van der Waals surface area (Å²) in [5.74, 6) is -1.98. The average molecular weight is 379 g/mol. The zero-order valence-corrected chi connectivity index (χ0v) is 17.2. The van der Waals surface area contributed by atoms with Gasteiger partial charge in [0.1, 0.15) is 5.56 Å². The molecule has 26 heavy (non-hydrogen) atoms. The van der Waals surface area contributed by atoms with Crippen molar-refractivity contribution >= 4 is 34.0 Å². The lowest BCUT2D eigenvalue weighted by molar-refractivity contribution is -0.122. The molecular formula is C17H22AlNO7. The van der Waals surface area contributed by atoms with Gasteiger partial charge in [-0.25, -0.2) is 9.59 Å². The fourth-order valence-electron chi connectivity index (χ4n) is 3.13. The van der Waals surface area contributed by atoms with E-state index in [1.165, 1.54) is 25.0 Å². The molecule has 0 spiro atoms. The van der Waals surface area contributed by atoms with Crippen LogP contribution in [0.5, 0.6) is 5.75 Å². The topological polar surface area (TPSA) is 101 Å². The number of ketones is 1. The van der Waals surface area contributed by atoms with E-state index >= 15 is 0 Å². The molecule has 0 aromatic carbocycles. The summed E-state index contributed by atoms with van der Waals surface area (Å²) in [7, 11) is 2.40. The highest BCUT2D eigenvalue weighted by Crippen LogP contribution is 2.29. The number of hydrogen-bond donors (Lipinski definition) is 0. The largest absolute Gasteiger partial charge is 0.491 e. The van der Waals surface area contributed by atoms with E-state index in [1.54, 1.807) is 0 Å². The van der Waals surface area contributed by atoms with Crippen LogP contribution in [0.2, 0.25) is 0 Å². The van der Waals surface area contributed by atoms with Crippen LogP contribution in [0, 0.1) is 0 Å². The minimum absolute atomic E-state index is 0.0550. The molecule has 0 N–H and O–H groups in total. The van der Waals surface area contributed by atoms with Gasteiger partial charge in [-0.15, -0.1) is 0 Å². The quantitative estimate of drug-likeness (QED) is 0.416. The van der Waals surface area contributed by atoms with Crippen molar-refractivity contribution in [2.24, 2.45) is 0 Å². The molecule has 1 aliphatic rings. The summed E-state index contributed by atoms with van der Waals surface area (Å²) in [4.78, 5) is 49.7. The number of aromatic nitrogens is 1. The van der Waals surface area contributed by atoms with Crippen LogP contribution >= 0.6 is 0 Å². The normalized spacial score (nSPS) is 17.3. The number of hydrogen-bond acceptors (Lipinski definition) is 7. The molecule has 1 aliphatic carbocycles. The molecule has 1 saturated carbocycles. The Bertz CT molecular complexity index is 771. The van der Waals surface area contributed by atoms with Gasteiger partial charge in [0.25, 0.3) is 16.3 Å². The third-order valence-electron chi connectivity index (χ3n) is 4.38. The molecule has 8 nitrogen and oxygen atoms in total. The summed E-state index contributed by atoms with van der Waals surface area (Å²) in [6.07, 6.45) is 4.58. The maximum atomic E-state index is 12.6. The maximum Gasteiger partial charge on any atom is 0.358 e.